The number of benzene rings is 2. The maximum Gasteiger partial charge on any atom is 0.262 e. The average Bonchev–Trinajstić information content (AvgIpc) is 2.66. The maximum absolute atomic E-state index is 12.5. The van der Waals surface area contributed by atoms with Crippen molar-refractivity contribution < 1.29 is 22.7 Å². The zero-order valence-corrected chi connectivity index (χ0v) is 18.5. The van der Waals surface area contributed by atoms with E-state index in [9.17, 15) is 13.2 Å². The number of hydrogen-bond donors (Lipinski definition) is 1. The lowest BCUT2D eigenvalue weighted by Crippen LogP contribution is -2.24. The molecule has 8 heteroatoms. The zero-order valence-electron chi connectivity index (χ0n) is 17.6. The molecule has 0 fully saturated rings. The third-order valence-corrected chi connectivity index (χ3v) is 6.28. The molecule has 1 N–H and O–H groups in total. The fourth-order valence-corrected chi connectivity index (χ4v) is 3.96. The van der Waals surface area contributed by atoms with Gasteiger partial charge in [-0.25, -0.2) is 12.7 Å². The fourth-order valence-electron chi connectivity index (χ4n) is 2.88. The Morgan fingerprint density at radius 1 is 1.14 bits per heavy atom. The van der Waals surface area contributed by atoms with Gasteiger partial charge in [0.25, 0.3) is 5.91 Å². The molecular weight excluding hydrogens is 392 g/mol. The van der Waals surface area contributed by atoms with Gasteiger partial charge in [0.2, 0.25) is 10.0 Å². The van der Waals surface area contributed by atoms with Crippen molar-refractivity contribution in [1.82, 2.24) is 4.31 Å². The molecule has 0 aromatic heterocycles. The number of hydrogen-bond acceptors (Lipinski definition) is 5. The number of amides is 1. The number of nitrogens with zero attached hydrogens (tertiary/aromatic N) is 1. The fraction of sp³-hybridized carbons (Fsp3) is 0.381. The van der Waals surface area contributed by atoms with E-state index in [1.54, 1.807) is 6.07 Å². The number of anilines is 1. The van der Waals surface area contributed by atoms with Crippen LogP contribution < -0.4 is 14.8 Å². The minimum absolute atomic E-state index is 0.0244. The number of ether oxygens (including phenoxy) is 2. The number of nitrogens with one attached hydrogen (secondary N) is 1. The van der Waals surface area contributed by atoms with Crippen molar-refractivity contribution in [3.05, 3.63) is 47.5 Å². The minimum Gasteiger partial charge on any atom is -0.495 e. The molecule has 0 aliphatic carbocycles. The van der Waals surface area contributed by atoms with Crippen LogP contribution in [0, 0.1) is 6.92 Å². The summed E-state index contributed by atoms with van der Waals surface area (Å²) >= 11 is 0. The lowest BCUT2D eigenvalue weighted by atomic mass is 9.98. The summed E-state index contributed by atoms with van der Waals surface area (Å²) in [5.74, 6) is 0.824. The summed E-state index contributed by atoms with van der Waals surface area (Å²) in [6.45, 7) is 6.06. The molecule has 0 bridgehead atoms. The van der Waals surface area contributed by atoms with Crippen LogP contribution in [0.3, 0.4) is 0 Å². The SMILES string of the molecule is COc1ccc(NC(=O)COc2ccc(C(C)C)c(C)c2)cc1S(=O)(=O)N(C)C. The van der Waals surface area contributed by atoms with Gasteiger partial charge in [-0.05, 0) is 54.3 Å². The Morgan fingerprint density at radius 2 is 1.83 bits per heavy atom. The van der Waals surface area contributed by atoms with E-state index in [1.807, 2.05) is 25.1 Å². The molecule has 29 heavy (non-hydrogen) atoms. The Kier molecular flexibility index (Phi) is 7.26. The molecule has 2 aromatic rings. The molecule has 2 aromatic carbocycles. The molecule has 0 unspecified atom stereocenters. The van der Waals surface area contributed by atoms with E-state index in [-0.39, 0.29) is 17.3 Å². The predicted octanol–water partition coefficient (Wildman–Crippen LogP) is 3.39. The summed E-state index contributed by atoms with van der Waals surface area (Å²) in [4.78, 5) is 12.2. The summed E-state index contributed by atoms with van der Waals surface area (Å²) in [6.07, 6.45) is 0. The normalized spacial score (nSPS) is 11.6. The van der Waals surface area contributed by atoms with Crippen LogP contribution in [0.15, 0.2) is 41.3 Å². The van der Waals surface area contributed by atoms with Crippen LogP contribution in [-0.2, 0) is 14.8 Å². The number of carbonyl (C=O) groups is 1. The van der Waals surface area contributed by atoms with Crippen LogP contribution in [-0.4, -0.2) is 46.4 Å². The monoisotopic (exact) mass is 420 g/mol. The molecule has 0 heterocycles. The summed E-state index contributed by atoms with van der Waals surface area (Å²) in [5.41, 5.74) is 2.67. The van der Waals surface area contributed by atoms with Crippen molar-refractivity contribution >= 4 is 21.6 Å². The number of sulfonamides is 1. The highest BCUT2D eigenvalue weighted by Gasteiger charge is 2.23. The topological polar surface area (TPSA) is 84.9 Å². The summed E-state index contributed by atoms with van der Waals surface area (Å²) < 4.78 is 36.8. The summed E-state index contributed by atoms with van der Waals surface area (Å²) in [5, 5.41) is 2.66. The molecule has 0 radical (unpaired) electrons. The minimum atomic E-state index is -3.72. The molecule has 0 saturated carbocycles. The largest absolute Gasteiger partial charge is 0.495 e. The van der Waals surface area contributed by atoms with Crippen LogP contribution in [0.5, 0.6) is 11.5 Å². The molecule has 2 rings (SSSR count). The molecule has 0 aliphatic rings. The predicted molar refractivity (Wildman–Crippen MR) is 113 cm³/mol. The van der Waals surface area contributed by atoms with Crippen molar-refractivity contribution in [2.45, 2.75) is 31.6 Å². The van der Waals surface area contributed by atoms with Gasteiger partial charge in [0.1, 0.15) is 16.4 Å². The second-order valence-corrected chi connectivity index (χ2v) is 9.28. The lowest BCUT2D eigenvalue weighted by molar-refractivity contribution is -0.118. The van der Waals surface area contributed by atoms with Crippen LogP contribution in [0.4, 0.5) is 5.69 Å². The Hall–Kier alpha value is -2.58. The van der Waals surface area contributed by atoms with E-state index in [1.165, 1.54) is 38.9 Å². The van der Waals surface area contributed by atoms with Gasteiger partial charge in [0.05, 0.1) is 7.11 Å². The smallest absolute Gasteiger partial charge is 0.262 e. The third kappa shape index (κ3) is 5.48. The van der Waals surface area contributed by atoms with Crippen molar-refractivity contribution in [3.8, 4) is 11.5 Å². The lowest BCUT2D eigenvalue weighted by Gasteiger charge is -2.16. The second-order valence-electron chi connectivity index (χ2n) is 7.16. The highest BCUT2D eigenvalue weighted by molar-refractivity contribution is 7.89. The van der Waals surface area contributed by atoms with Gasteiger partial charge in [0.15, 0.2) is 6.61 Å². The molecule has 0 atom stereocenters. The van der Waals surface area contributed by atoms with Crippen LogP contribution in [0.1, 0.15) is 30.9 Å². The standard InChI is InChI=1S/C21H28N2O5S/c1-14(2)18-9-8-17(11-15(18)3)28-13-21(24)22-16-7-10-19(27-6)20(12-16)29(25,26)23(4)5/h7-12,14H,13H2,1-6H3,(H,22,24). The highest BCUT2D eigenvalue weighted by Crippen LogP contribution is 2.29. The van der Waals surface area contributed by atoms with E-state index in [4.69, 9.17) is 9.47 Å². The van der Waals surface area contributed by atoms with Crippen LogP contribution in [0.2, 0.25) is 0 Å². The quantitative estimate of drug-likeness (QED) is 0.708. The number of aryl methyl sites for hydroxylation is 1. The van der Waals surface area contributed by atoms with Crippen LogP contribution in [0.25, 0.3) is 0 Å². The Bertz CT molecular complexity index is 985. The summed E-state index contributed by atoms with van der Waals surface area (Å²) in [7, 11) is 0.530. The van der Waals surface area contributed by atoms with Gasteiger partial charge in [0, 0.05) is 19.8 Å². The van der Waals surface area contributed by atoms with Gasteiger partial charge in [-0.2, -0.15) is 0 Å². The number of carbonyl (C=O) groups excluding carboxylic acids is 1. The summed E-state index contributed by atoms with van der Waals surface area (Å²) in [6, 6.07) is 10.2. The van der Waals surface area contributed by atoms with E-state index >= 15 is 0 Å². The van der Waals surface area contributed by atoms with Crippen LogP contribution >= 0.6 is 0 Å². The van der Waals surface area contributed by atoms with Crippen molar-refractivity contribution in [2.75, 3.05) is 33.1 Å². The van der Waals surface area contributed by atoms with Gasteiger partial charge in [-0.3, -0.25) is 4.79 Å². The van der Waals surface area contributed by atoms with Gasteiger partial charge < -0.3 is 14.8 Å². The Balaban J connectivity index is 2.10. The first-order valence-electron chi connectivity index (χ1n) is 9.20. The van der Waals surface area contributed by atoms with E-state index in [2.05, 4.69) is 19.2 Å². The molecule has 7 nitrogen and oxygen atoms in total. The molecule has 158 valence electrons. The van der Waals surface area contributed by atoms with E-state index in [0.717, 1.165) is 9.87 Å². The highest BCUT2D eigenvalue weighted by atomic mass is 32.2. The Morgan fingerprint density at radius 3 is 2.38 bits per heavy atom. The molecule has 1 amide bonds. The molecule has 0 aliphatic heterocycles. The molecule has 0 spiro atoms. The molecule has 0 saturated heterocycles. The van der Waals surface area contributed by atoms with E-state index in [0.29, 0.717) is 17.4 Å². The van der Waals surface area contributed by atoms with Crippen molar-refractivity contribution in [3.63, 3.8) is 0 Å². The third-order valence-electron chi connectivity index (χ3n) is 4.44. The first-order chi connectivity index (χ1) is 13.6. The van der Waals surface area contributed by atoms with Crippen molar-refractivity contribution in [2.24, 2.45) is 0 Å². The van der Waals surface area contributed by atoms with E-state index < -0.39 is 15.9 Å². The number of methoxy groups -OCH3 is 1. The Labute approximate surface area is 172 Å². The van der Waals surface area contributed by atoms with Gasteiger partial charge in [-0.1, -0.05) is 19.9 Å². The first kappa shape index (κ1) is 22.7. The van der Waals surface area contributed by atoms with Crippen molar-refractivity contribution in [1.29, 1.82) is 0 Å². The molecular formula is C21H28N2O5S. The van der Waals surface area contributed by atoms with Gasteiger partial charge in [-0.15, -0.1) is 0 Å². The zero-order chi connectivity index (χ0) is 21.8. The average molecular weight is 421 g/mol. The second kappa shape index (κ2) is 9.28. The van der Waals surface area contributed by atoms with Gasteiger partial charge >= 0.3 is 0 Å². The first-order valence-corrected chi connectivity index (χ1v) is 10.6. The number of rotatable bonds is 8. The maximum atomic E-state index is 12.5.